The van der Waals surface area contributed by atoms with Crippen molar-refractivity contribution >= 4 is 29.3 Å². The Balaban J connectivity index is 1.48. The zero-order valence-corrected chi connectivity index (χ0v) is 15.5. The number of esters is 1. The number of carbonyl (C=O) groups excluding carboxylic acids is 2. The molecule has 0 saturated carbocycles. The van der Waals surface area contributed by atoms with Crippen LogP contribution in [0.1, 0.15) is 21.7 Å². The van der Waals surface area contributed by atoms with E-state index in [-0.39, 0.29) is 11.7 Å². The average Bonchev–Trinajstić information content (AvgIpc) is 3.14. The molecule has 2 aromatic carbocycles. The Morgan fingerprint density at radius 1 is 1.11 bits per heavy atom. The number of H-pyrrole nitrogens is 1. The Hall–Kier alpha value is -3.13. The Kier molecular flexibility index (Phi) is 6.22. The van der Waals surface area contributed by atoms with Crippen molar-refractivity contribution in [1.82, 2.24) is 15.2 Å². The number of hydrogen-bond acceptors (Lipinski definition) is 6. The van der Waals surface area contributed by atoms with Gasteiger partial charge in [0.05, 0.1) is 18.4 Å². The van der Waals surface area contributed by atoms with Crippen molar-refractivity contribution in [3.05, 3.63) is 71.5 Å². The van der Waals surface area contributed by atoms with Gasteiger partial charge in [0.1, 0.15) is 5.82 Å². The first-order chi connectivity index (χ1) is 13.1. The van der Waals surface area contributed by atoms with Crippen molar-refractivity contribution in [2.45, 2.75) is 11.6 Å². The highest BCUT2D eigenvalue weighted by atomic mass is 32.2. The maximum absolute atomic E-state index is 12.1. The highest BCUT2D eigenvalue weighted by Gasteiger charge is 2.10. The Morgan fingerprint density at radius 2 is 1.85 bits per heavy atom. The summed E-state index contributed by atoms with van der Waals surface area (Å²) in [6.45, 7) is 0. The SMILES string of the molecule is COC(=O)c1ccc(NC(=O)CSc2n[nH]c(Cc3ccccc3)n2)cc1. The van der Waals surface area contributed by atoms with Gasteiger partial charge in [0.25, 0.3) is 0 Å². The Bertz CT molecular complexity index is 910. The standard InChI is InChI=1S/C19H18N4O3S/c1-26-18(25)14-7-9-15(10-8-14)20-17(24)12-27-19-21-16(22-23-19)11-13-5-3-2-4-6-13/h2-10H,11-12H2,1H3,(H,20,24)(H,21,22,23). The molecule has 0 fully saturated rings. The maximum Gasteiger partial charge on any atom is 0.337 e. The van der Waals surface area contributed by atoms with Crippen LogP contribution in [0, 0.1) is 0 Å². The molecule has 1 aromatic heterocycles. The largest absolute Gasteiger partial charge is 0.465 e. The summed E-state index contributed by atoms with van der Waals surface area (Å²) in [4.78, 5) is 27.9. The van der Waals surface area contributed by atoms with Gasteiger partial charge in [0, 0.05) is 12.1 Å². The minimum absolute atomic E-state index is 0.180. The van der Waals surface area contributed by atoms with Crippen LogP contribution in [0.2, 0.25) is 0 Å². The van der Waals surface area contributed by atoms with E-state index in [1.54, 1.807) is 24.3 Å². The van der Waals surface area contributed by atoms with Crippen LogP contribution in [-0.2, 0) is 16.0 Å². The number of anilines is 1. The van der Waals surface area contributed by atoms with Crippen LogP contribution in [0.25, 0.3) is 0 Å². The number of benzene rings is 2. The van der Waals surface area contributed by atoms with E-state index in [0.717, 1.165) is 11.4 Å². The number of carbonyl (C=O) groups is 2. The van der Waals surface area contributed by atoms with Gasteiger partial charge in [-0.05, 0) is 29.8 Å². The second-order valence-electron chi connectivity index (χ2n) is 5.63. The van der Waals surface area contributed by atoms with E-state index in [1.165, 1.54) is 18.9 Å². The molecule has 1 heterocycles. The van der Waals surface area contributed by atoms with Gasteiger partial charge in [-0.3, -0.25) is 9.89 Å². The van der Waals surface area contributed by atoms with Gasteiger partial charge < -0.3 is 10.1 Å². The molecule has 8 heteroatoms. The summed E-state index contributed by atoms with van der Waals surface area (Å²) in [5, 5.41) is 10.3. The lowest BCUT2D eigenvalue weighted by Crippen LogP contribution is -2.14. The molecule has 2 N–H and O–H groups in total. The van der Waals surface area contributed by atoms with Gasteiger partial charge in [0.2, 0.25) is 11.1 Å². The molecule has 7 nitrogen and oxygen atoms in total. The van der Waals surface area contributed by atoms with Gasteiger partial charge >= 0.3 is 5.97 Å². The fourth-order valence-electron chi connectivity index (χ4n) is 2.35. The lowest BCUT2D eigenvalue weighted by Gasteiger charge is -2.05. The summed E-state index contributed by atoms with van der Waals surface area (Å²) in [6, 6.07) is 16.5. The van der Waals surface area contributed by atoms with E-state index in [2.05, 4.69) is 25.2 Å². The molecule has 3 rings (SSSR count). The monoisotopic (exact) mass is 382 g/mol. The molecule has 3 aromatic rings. The zero-order valence-electron chi connectivity index (χ0n) is 14.6. The van der Waals surface area contributed by atoms with Crippen LogP contribution >= 0.6 is 11.8 Å². The molecule has 0 aliphatic heterocycles. The van der Waals surface area contributed by atoms with E-state index in [9.17, 15) is 9.59 Å². The molecule has 0 unspecified atom stereocenters. The number of ether oxygens (including phenoxy) is 1. The number of thioether (sulfide) groups is 1. The van der Waals surface area contributed by atoms with E-state index in [4.69, 9.17) is 0 Å². The van der Waals surface area contributed by atoms with E-state index >= 15 is 0 Å². The van der Waals surface area contributed by atoms with E-state index in [0.29, 0.717) is 22.8 Å². The molecular formula is C19H18N4O3S. The zero-order chi connectivity index (χ0) is 19.1. The second-order valence-corrected chi connectivity index (χ2v) is 6.58. The number of rotatable bonds is 7. The summed E-state index contributed by atoms with van der Waals surface area (Å²) in [7, 11) is 1.32. The van der Waals surface area contributed by atoms with Crippen molar-refractivity contribution < 1.29 is 14.3 Å². The van der Waals surface area contributed by atoms with Crippen molar-refractivity contribution in [3.8, 4) is 0 Å². The molecular weight excluding hydrogens is 364 g/mol. The number of nitrogens with one attached hydrogen (secondary N) is 2. The summed E-state index contributed by atoms with van der Waals surface area (Å²) < 4.78 is 4.64. The highest BCUT2D eigenvalue weighted by Crippen LogP contribution is 2.15. The summed E-state index contributed by atoms with van der Waals surface area (Å²) in [5.74, 6) is 0.337. The molecule has 0 atom stereocenters. The molecule has 0 spiro atoms. The van der Waals surface area contributed by atoms with Crippen LogP contribution in [0.3, 0.4) is 0 Å². The highest BCUT2D eigenvalue weighted by molar-refractivity contribution is 7.99. The molecule has 0 aliphatic carbocycles. The first-order valence-corrected chi connectivity index (χ1v) is 9.19. The van der Waals surface area contributed by atoms with Crippen molar-refractivity contribution in [1.29, 1.82) is 0 Å². The van der Waals surface area contributed by atoms with Gasteiger partial charge in [-0.2, -0.15) is 0 Å². The Morgan fingerprint density at radius 3 is 2.56 bits per heavy atom. The minimum Gasteiger partial charge on any atom is -0.465 e. The summed E-state index contributed by atoms with van der Waals surface area (Å²) >= 11 is 1.25. The number of amides is 1. The fraction of sp³-hybridized carbons (Fsp3) is 0.158. The van der Waals surface area contributed by atoms with Gasteiger partial charge in [-0.25, -0.2) is 9.78 Å². The molecule has 27 heavy (non-hydrogen) atoms. The molecule has 1 amide bonds. The number of nitrogens with zero attached hydrogens (tertiary/aromatic N) is 2. The van der Waals surface area contributed by atoms with Crippen LogP contribution in [0.4, 0.5) is 5.69 Å². The average molecular weight is 382 g/mol. The molecule has 0 radical (unpaired) electrons. The lowest BCUT2D eigenvalue weighted by molar-refractivity contribution is -0.113. The van der Waals surface area contributed by atoms with Crippen LogP contribution in [0.15, 0.2) is 59.8 Å². The number of methoxy groups -OCH3 is 1. The van der Waals surface area contributed by atoms with E-state index < -0.39 is 5.97 Å². The van der Waals surface area contributed by atoms with Crippen molar-refractivity contribution in [2.24, 2.45) is 0 Å². The first-order valence-electron chi connectivity index (χ1n) is 8.20. The predicted molar refractivity (Wildman–Crippen MR) is 103 cm³/mol. The summed E-state index contributed by atoms with van der Waals surface area (Å²) in [6.07, 6.45) is 0.660. The first kappa shape index (κ1) is 18.7. The van der Waals surface area contributed by atoms with Gasteiger partial charge in [0.15, 0.2) is 0 Å². The lowest BCUT2D eigenvalue weighted by atomic mass is 10.1. The number of hydrogen-bond donors (Lipinski definition) is 2. The molecule has 138 valence electrons. The molecule has 0 bridgehead atoms. The van der Waals surface area contributed by atoms with Crippen LogP contribution in [-0.4, -0.2) is 39.9 Å². The van der Waals surface area contributed by atoms with Crippen LogP contribution < -0.4 is 5.32 Å². The normalized spacial score (nSPS) is 10.4. The predicted octanol–water partition coefficient (Wildman–Crippen LogP) is 2.91. The van der Waals surface area contributed by atoms with Crippen molar-refractivity contribution in [3.63, 3.8) is 0 Å². The van der Waals surface area contributed by atoms with Crippen LogP contribution in [0.5, 0.6) is 0 Å². The Labute approximate surface area is 160 Å². The third kappa shape index (κ3) is 5.42. The van der Waals surface area contributed by atoms with Gasteiger partial charge in [-0.15, -0.1) is 5.10 Å². The topological polar surface area (TPSA) is 97.0 Å². The number of aromatic nitrogens is 3. The minimum atomic E-state index is -0.417. The smallest absolute Gasteiger partial charge is 0.337 e. The summed E-state index contributed by atoms with van der Waals surface area (Å²) in [5.41, 5.74) is 2.17. The fourth-order valence-corrected chi connectivity index (χ4v) is 2.96. The van der Waals surface area contributed by atoms with Gasteiger partial charge in [-0.1, -0.05) is 42.1 Å². The number of aromatic amines is 1. The van der Waals surface area contributed by atoms with E-state index in [1.807, 2.05) is 30.3 Å². The quantitative estimate of drug-likeness (QED) is 0.482. The van der Waals surface area contributed by atoms with Crippen molar-refractivity contribution in [2.75, 3.05) is 18.2 Å². The third-order valence-corrected chi connectivity index (χ3v) is 4.50. The molecule has 0 saturated heterocycles. The maximum atomic E-state index is 12.1. The second kappa shape index (κ2) is 9.00. The molecule has 0 aliphatic rings. The third-order valence-electron chi connectivity index (χ3n) is 3.65.